The summed E-state index contributed by atoms with van der Waals surface area (Å²) in [5, 5.41) is 13.0. The summed E-state index contributed by atoms with van der Waals surface area (Å²) >= 11 is 0. The Morgan fingerprint density at radius 2 is 2.00 bits per heavy atom. The fourth-order valence-corrected chi connectivity index (χ4v) is 1.80. The van der Waals surface area contributed by atoms with Gasteiger partial charge >= 0.3 is 0 Å². The van der Waals surface area contributed by atoms with Crippen LogP contribution in [0.4, 0.5) is 10.1 Å². The molecule has 1 unspecified atom stereocenters. The molecule has 0 amide bonds. The lowest BCUT2D eigenvalue weighted by Gasteiger charge is -2.14. The van der Waals surface area contributed by atoms with Crippen molar-refractivity contribution >= 4 is 5.69 Å². The van der Waals surface area contributed by atoms with Crippen LogP contribution >= 0.6 is 0 Å². The minimum Gasteiger partial charge on any atom is -0.497 e. The summed E-state index contributed by atoms with van der Waals surface area (Å²) in [7, 11) is 1.59. The van der Waals surface area contributed by atoms with Gasteiger partial charge in [-0.15, -0.1) is 0 Å². The van der Waals surface area contributed by atoms with E-state index in [4.69, 9.17) is 4.74 Å². The molecule has 3 nitrogen and oxygen atoms in total. The molecule has 19 heavy (non-hydrogen) atoms. The van der Waals surface area contributed by atoms with Gasteiger partial charge in [-0.1, -0.05) is 24.3 Å². The Labute approximate surface area is 111 Å². The molecular formula is C15H16FNO2. The highest BCUT2D eigenvalue weighted by Crippen LogP contribution is 2.20. The van der Waals surface area contributed by atoms with Gasteiger partial charge in [0, 0.05) is 23.9 Å². The van der Waals surface area contributed by atoms with Crippen molar-refractivity contribution in [2.45, 2.75) is 6.10 Å². The lowest BCUT2D eigenvalue weighted by molar-refractivity contribution is 0.186. The van der Waals surface area contributed by atoms with Gasteiger partial charge in [0.2, 0.25) is 0 Å². The third kappa shape index (κ3) is 3.45. The molecule has 2 rings (SSSR count). The number of aliphatic hydroxyl groups is 1. The lowest BCUT2D eigenvalue weighted by atomic mass is 10.1. The Hall–Kier alpha value is -2.07. The first-order valence-electron chi connectivity index (χ1n) is 6.01. The second kappa shape index (κ2) is 6.20. The monoisotopic (exact) mass is 261 g/mol. The van der Waals surface area contributed by atoms with E-state index in [2.05, 4.69) is 5.32 Å². The Morgan fingerprint density at radius 3 is 2.74 bits per heavy atom. The maximum Gasteiger partial charge on any atom is 0.129 e. The van der Waals surface area contributed by atoms with Crippen LogP contribution in [-0.4, -0.2) is 18.8 Å². The summed E-state index contributed by atoms with van der Waals surface area (Å²) in [4.78, 5) is 0. The van der Waals surface area contributed by atoms with Crippen LogP contribution in [-0.2, 0) is 0 Å². The van der Waals surface area contributed by atoms with Gasteiger partial charge in [-0.3, -0.25) is 0 Å². The summed E-state index contributed by atoms with van der Waals surface area (Å²) in [6, 6.07) is 13.6. The van der Waals surface area contributed by atoms with Crippen LogP contribution in [0.2, 0.25) is 0 Å². The van der Waals surface area contributed by atoms with E-state index >= 15 is 0 Å². The molecule has 0 aliphatic rings. The largest absolute Gasteiger partial charge is 0.497 e. The van der Waals surface area contributed by atoms with Gasteiger partial charge in [0.05, 0.1) is 13.2 Å². The quantitative estimate of drug-likeness (QED) is 0.869. The molecule has 0 aromatic heterocycles. The second-order valence-corrected chi connectivity index (χ2v) is 4.15. The highest BCUT2D eigenvalue weighted by atomic mass is 19.1. The van der Waals surface area contributed by atoms with Gasteiger partial charge in [-0.05, 0) is 18.2 Å². The zero-order chi connectivity index (χ0) is 13.7. The van der Waals surface area contributed by atoms with Crippen LogP contribution in [0.1, 0.15) is 11.7 Å². The molecule has 0 aliphatic heterocycles. The van der Waals surface area contributed by atoms with Gasteiger partial charge in [0.15, 0.2) is 0 Å². The van der Waals surface area contributed by atoms with E-state index in [0.29, 0.717) is 0 Å². The molecule has 0 saturated heterocycles. The van der Waals surface area contributed by atoms with Gasteiger partial charge in [-0.25, -0.2) is 4.39 Å². The van der Waals surface area contributed by atoms with E-state index in [1.807, 2.05) is 24.3 Å². The van der Waals surface area contributed by atoms with Crippen LogP contribution in [0.5, 0.6) is 5.75 Å². The number of ether oxygens (including phenoxy) is 1. The molecule has 2 aromatic rings. The predicted molar refractivity (Wildman–Crippen MR) is 72.8 cm³/mol. The third-order valence-corrected chi connectivity index (χ3v) is 2.83. The number of hydrogen-bond acceptors (Lipinski definition) is 3. The van der Waals surface area contributed by atoms with E-state index in [0.717, 1.165) is 11.4 Å². The van der Waals surface area contributed by atoms with Crippen molar-refractivity contribution in [1.82, 2.24) is 0 Å². The van der Waals surface area contributed by atoms with Crippen LogP contribution < -0.4 is 10.1 Å². The molecule has 0 heterocycles. The lowest BCUT2D eigenvalue weighted by Crippen LogP contribution is -2.13. The van der Waals surface area contributed by atoms with Crippen molar-refractivity contribution in [2.24, 2.45) is 0 Å². The zero-order valence-corrected chi connectivity index (χ0v) is 10.6. The Bertz CT molecular complexity index is 545. The van der Waals surface area contributed by atoms with Crippen molar-refractivity contribution < 1.29 is 14.2 Å². The summed E-state index contributed by atoms with van der Waals surface area (Å²) in [6.07, 6.45) is -0.896. The predicted octanol–water partition coefficient (Wildman–Crippen LogP) is 2.98. The van der Waals surface area contributed by atoms with Crippen molar-refractivity contribution in [1.29, 1.82) is 0 Å². The summed E-state index contributed by atoms with van der Waals surface area (Å²) in [5.74, 6) is 0.327. The highest BCUT2D eigenvalue weighted by molar-refractivity contribution is 5.48. The molecule has 2 aromatic carbocycles. The average Bonchev–Trinajstić information content (AvgIpc) is 2.45. The molecule has 0 aliphatic carbocycles. The number of nitrogens with one attached hydrogen (secondary N) is 1. The molecule has 100 valence electrons. The van der Waals surface area contributed by atoms with Crippen molar-refractivity contribution in [3.63, 3.8) is 0 Å². The Morgan fingerprint density at radius 1 is 1.21 bits per heavy atom. The SMILES string of the molecule is COc1cccc(NCC(O)c2ccccc2F)c1. The van der Waals surface area contributed by atoms with Crippen molar-refractivity contribution in [3.8, 4) is 5.75 Å². The zero-order valence-electron chi connectivity index (χ0n) is 10.6. The van der Waals surface area contributed by atoms with E-state index < -0.39 is 11.9 Å². The second-order valence-electron chi connectivity index (χ2n) is 4.15. The number of benzene rings is 2. The minimum absolute atomic E-state index is 0.230. The van der Waals surface area contributed by atoms with Crippen molar-refractivity contribution in [3.05, 3.63) is 59.9 Å². The molecule has 0 radical (unpaired) electrons. The standard InChI is InChI=1S/C15H16FNO2/c1-19-12-6-4-5-11(9-12)17-10-15(18)13-7-2-3-8-14(13)16/h2-9,15,17-18H,10H2,1H3. The smallest absolute Gasteiger partial charge is 0.129 e. The number of halogens is 1. The first-order chi connectivity index (χ1) is 9.20. The highest BCUT2D eigenvalue weighted by Gasteiger charge is 2.11. The maximum atomic E-state index is 13.5. The summed E-state index contributed by atoms with van der Waals surface area (Å²) in [5.41, 5.74) is 1.10. The molecular weight excluding hydrogens is 245 g/mol. The Kier molecular flexibility index (Phi) is 4.36. The molecule has 0 fully saturated rings. The third-order valence-electron chi connectivity index (χ3n) is 2.83. The molecule has 0 bridgehead atoms. The molecule has 0 spiro atoms. The molecule has 0 saturated carbocycles. The maximum absolute atomic E-state index is 13.5. The van der Waals surface area contributed by atoms with Crippen LogP contribution in [0, 0.1) is 5.82 Å². The van der Waals surface area contributed by atoms with Gasteiger partial charge in [0.1, 0.15) is 11.6 Å². The summed E-state index contributed by atoms with van der Waals surface area (Å²) < 4.78 is 18.6. The normalized spacial score (nSPS) is 11.9. The van der Waals surface area contributed by atoms with Gasteiger partial charge in [-0.2, -0.15) is 0 Å². The Balaban J connectivity index is 2.00. The van der Waals surface area contributed by atoms with E-state index in [9.17, 15) is 9.50 Å². The average molecular weight is 261 g/mol. The van der Waals surface area contributed by atoms with Crippen LogP contribution in [0.25, 0.3) is 0 Å². The van der Waals surface area contributed by atoms with E-state index in [1.165, 1.54) is 6.07 Å². The molecule has 2 N–H and O–H groups in total. The topological polar surface area (TPSA) is 41.5 Å². The van der Waals surface area contributed by atoms with E-state index in [-0.39, 0.29) is 12.1 Å². The number of rotatable bonds is 5. The fourth-order valence-electron chi connectivity index (χ4n) is 1.80. The molecule has 4 heteroatoms. The van der Waals surface area contributed by atoms with Crippen LogP contribution in [0.3, 0.4) is 0 Å². The van der Waals surface area contributed by atoms with Gasteiger partial charge < -0.3 is 15.2 Å². The van der Waals surface area contributed by atoms with E-state index in [1.54, 1.807) is 25.3 Å². The summed E-state index contributed by atoms with van der Waals surface area (Å²) in [6.45, 7) is 0.230. The number of anilines is 1. The van der Waals surface area contributed by atoms with Crippen molar-refractivity contribution in [2.75, 3.05) is 19.0 Å². The number of aliphatic hydroxyl groups excluding tert-OH is 1. The van der Waals surface area contributed by atoms with Crippen LogP contribution in [0.15, 0.2) is 48.5 Å². The van der Waals surface area contributed by atoms with Gasteiger partial charge in [0.25, 0.3) is 0 Å². The first-order valence-corrected chi connectivity index (χ1v) is 6.01. The first kappa shape index (κ1) is 13.4. The number of hydrogen-bond donors (Lipinski definition) is 2. The minimum atomic E-state index is -0.896. The fraction of sp³-hybridized carbons (Fsp3) is 0.200. The number of methoxy groups -OCH3 is 1. The molecule has 1 atom stereocenters.